The van der Waals surface area contributed by atoms with Gasteiger partial charge in [0.25, 0.3) is 5.91 Å². The molecule has 7 heteroatoms. The summed E-state index contributed by atoms with van der Waals surface area (Å²) < 4.78 is 5.72. The highest BCUT2D eigenvalue weighted by molar-refractivity contribution is 14.0. The molecule has 0 bridgehead atoms. The van der Waals surface area contributed by atoms with E-state index in [4.69, 9.17) is 4.74 Å². The van der Waals surface area contributed by atoms with Crippen molar-refractivity contribution in [3.63, 3.8) is 0 Å². The average Bonchev–Trinajstić information content (AvgIpc) is 2.77. The fraction of sp³-hybridized carbons (Fsp3) is 0.417. The van der Waals surface area contributed by atoms with Crippen LogP contribution in [0, 0.1) is 5.92 Å². The second-order valence-corrected chi connectivity index (χ2v) is 7.55. The monoisotopic (exact) mass is 538 g/mol. The summed E-state index contributed by atoms with van der Waals surface area (Å²) in [7, 11) is 3.41. The van der Waals surface area contributed by atoms with Gasteiger partial charge in [0.15, 0.2) is 5.96 Å². The normalized spacial score (nSPS) is 10.9. The highest BCUT2D eigenvalue weighted by atomic mass is 127. The molecule has 1 amide bonds. The Bertz CT molecular complexity index is 823. The number of nitrogens with zero attached hydrogens (tertiary/aromatic N) is 1. The van der Waals surface area contributed by atoms with Crippen molar-refractivity contribution in [1.29, 1.82) is 0 Å². The molecule has 0 aliphatic carbocycles. The molecule has 0 saturated carbocycles. The van der Waals surface area contributed by atoms with Gasteiger partial charge in [-0.3, -0.25) is 9.79 Å². The zero-order chi connectivity index (χ0) is 21.8. The van der Waals surface area contributed by atoms with Crippen LogP contribution in [0.5, 0.6) is 5.75 Å². The predicted molar refractivity (Wildman–Crippen MR) is 139 cm³/mol. The minimum Gasteiger partial charge on any atom is -0.493 e. The van der Waals surface area contributed by atoms with Gasteiger partial charge in [0.05, 0.1) is 6.61 Å². The molecule has 2 aromatic rings. The van der Waals surface area contributed by atoms with Crippen LogP contribution in [0.1, 0.15) is 35.3 Å². The number of amides is 1. The number of halogens is 1. The van der Waals surface area contributed by atoms with E-state index in [1.165, 1.54) is 5.56 Å². The van der Waals surface area contributed by atoms with E-state index in [-0.39, 0.29) is 29.9 Å². The third-order valence-corrected chi connectivity index (χ3v) is 4.56. The number of hydrogen-bond acceptors (Lipinski definition) is 3. The van der Waals surface area contributed by atoms with Crippen molar-refractivity contribution < 1.29 is 9.53 Å². The fourth-order valence-electron chi connectivity index (χ4n) is 2.90. The highest BCUT2D eigenvalue weighted by Gasteiger charge is 2.04. The lowest BCUT2D eigenvalue weighted by Crippen LogP contribution is -2.39. The number of hydrogen-bond donors (Lipinski definition) is 3. The second-order valence-electron chi connectivity index (χ2n) is 7.55. The maximum Gasteiger partial charge on any atom is 0.251 e. The number of benzene rings is 2. The van der Waals surface area contributed by atoms with Gasteiger partial charge in [-0.1, -0.05) is 38.1 Å². The van der Waals surface area contributed by atoms with Crippen molar-refractivity contribution in [3.8, 4) is 5.75 Å². The van der Waals surface area contributed by atoms with Crippen molar-refractivity contribution in [1.82, 2.24) is 16.0 Å². The van der Waals surface area contributed by atoms with Gasteiger partial charge in [-0.2, -0.15) is 0 Å². The van der Waals surface area contributed by atoms with E-state index in [0.29, 0.717) is 11.5 Å². The summed E-state index contributed by atoms with van der Waals surface area (Å²) in [5.74, 6) is 2.14. The third kappa shape index (κ3) is 10.0. The van der Waals surface area contributed by atoms with Crippen molar-refractivity contribution >= 4 is 35.8 Å². The topological polar surface area (TPSA) is 74.8 Å². The first-order chi connectivity index (χ1) is 14.5. The van der Waals surface area contributed by atoms with E-state index < -0.39 is 0 Å². The summed E-state index contributed by atoms with van der Waals surface area (Å²) in [5, 5.41) is 9.31. The van der Waals surface area contributed by atoms with Crippen molar-refractivity contribution in [2.75, 3.05) is 33.8 Å². The Balaban J connectivity index is 0.00000480. The summed E-state index contributed by atoms with van der Waals surface area (Å²) >= 11 is 0. The molecular formula is C24H35IN4O2. The first-order valence-electron chi connectivity index (χ1n) is 10.5. The molecule has 2 rings (SSSR count). The Kier molecular flexibility index (Phi) is 12.7. The van der Waals surface area contributed by atoms with Crippen LogP contribution in [-0.2, 0) is 12.8 Å². The van der Waals surface area contributed by atoms with Gasteiger partial charge in [0.1, 0.15) is 5.75 Å². The van der Waals surface area contributed by atoms with Crippen LogP contribution in [-0.4, -0.2) is 45.7 Å². The molecule has 3 N–H and O–H groups in total. The molecule has 2 aromatic carbocycles. The zero-order valence-electron chi connectivity index (χ0n) is 18.9. The zero-order valence-corrected chi connectivity index (χ0v) is 21.2. The van der Waals surface area contributed by atoms with Crippen LogP contribution in [0.25, 0.3) is 0 Å². The number of carbonyl (C=O) groups excluding carboxylic acids is 1. The molecule has 170 valence electrons. The number of carbonyl (C=O) groups is 1. The van der Waals surface area contributed by atoms with Gasteiger partial charge >= 0.3 is 0 Å². The molecule has 0 saturated heterocycles. The van der Waals surface area contributed by atoms with Crippen LogP contribution < -0.4 is 20.7 Å². The van der Waals surface area contributed by atoms with Crippen LogP contribution >= 0.6 is 24.0 Å². The second kappa shape index (κ2) is 14.7. The lowest BCUT2D eigenvalue weighted by atomic mass is 10.1. The van der Waals surface area contributed by atoms with E-state index in [9.17, 15) is 4.79 Å². The molecule has 0 aromatic heterocycles. The summed E-state index contributed by atoms with van der Waals surface area (Å²) in [6.45, 7) is 6.54. The lowest BCUT2D eigenvalue weighted by Gasteiger charge is -2.13. The van der Waals surface area contributed by atoms with E-state index in [1.807, 2.05) is 36.4 Å². The summed E-state index contributed by atoms with van der Waals surface area (Å²) in [6, 6.07) is 15.9. The summed E-state index contributed by atoms with van der Waals surface area (Å²) in [6.07, 6.45) is 1.71. The van der Waals surface area contributed by atoms with E-state index >= 15 is 0 Å². The number of rotatable bonds is 10. The number of nitrogens with one attached hydrogen (secondary N) is 3. The Morgan fingerprint density at radius 1 is 1.00 bits per heavy atom. The largest absolute Gasteiger partial charge is 0.493 e. The molecule has 0 heterocycles. The van der Waals surface area contributed by atoms with Crippen LogP contribution in [0.3, 0.4) is 0 Å². The molecule has 0 fully saturated rings. The molecule has 0 radical (unpaired) electrons. The molecule has 31 heavy (non-hydrogen) atoms. The van der Waals surface area contributed by atoms with Gasteiger partial charge in [0.2, 0.25) is 0 Å². The Morgan fingerprint density at radius 3 is 2.23 bits per heavy atom. The van der Waals surface area contributed by atoms with E-state index in [2.05, 4.69) is 46.9 Å². The average molecular weight is 538 g/mol. The van der Waals surface area contributed by atoms with Gasteiger partial charge in [0, 0.05) is 32.7 Å². The molecule has 0 spiro atoms. The van der Waals surface area contributed by atoms with Gasteiger partial charge in [-0.15, -0.1) is 24.0 Å². The van der Waals surface area contributed by atoms with Gasteiger partial charge in [-0.25, -0.2) is 0 Å². The first kappa shape index (κ1) is 26.7. The van der Waals surface area contributed by atoms with E-state index in [1.54, 1.807) is 14.1 Å². The predicted octanol–water partition coefficient (Wildman–Crippen LogP) is 3.65. The SMILES string of the molecule is CN=C(NCCc1ccc(OCC(C)C)cc1)NCCc1cccc(C(=O)NC)c1.I. The molecule has 0 aliphatic heterocycles. The van der Waals surface area contributed by atoms with Crippen LogP contribution in [0.4, 0.5) is 0 Å². The number of guanidine groups is 1. The maximum absolute atomic E-state index is 11.7. The summed E-state index contributed by atoms with van der Waals surface area (Å²) in [4.78, 5) is 16.0. The fourth-order valence-corrected chi connectivity index (χ4v) is 2.90. The van der Waals surface area contributed by atoms with Gasteiger partial charge < -0.3 is 20.7 Å². The molecule has 6 nitrogen and oxygen atoms in total. The van der Waals surface area contributed by atoms with Crippen LogP contribution in [0.15, 0.2) is 53.5 Å². The molecule has 0 aliphatic rings. The molecular weight excluding hydrogens is 503 g/mol. The Labute approximate surface area is 203 Å². The van der Waals surface area contributed by atoms with Crippen molar-refractivity contribution in [2.45, 2.75) is 26.7 Å². The Hall–Kier alpha value is -2.29. The first-order valence-corrected chi connectivity index (χ1v) is 10.5. The van der Waals surface area contributed by atoms with Crippen LogP contribution in [0.2, 0.25) is 0 Å². The molecule has 0 unspecified atom stereocenters. The smallest absolute Gasteiger partial charge is 0.251 e. The lowest BCUT2D eigenvalue weighted by molar-refractivity contribution is 0.0963. The number of aliphatic imine (C=N–C) groups is 1. The third-order valence-electron chi connectivity index (χ3n) is 4.56. The molecule has 0 atom stereocenters. The minimum absolute atomic E-state index is 0. The minimum atomic E-state index is -0.0678. The van der Waals surface area contributed by atoms with E-state index in [0.717, 1.165) is 49.8 Å². The maximum atomic E-state index is 11.7. The standard InChI is InChI=1S/C24H34N4O2.HI/c1-18(2)17-30-22-10-8-19(9-11-22)12-14-27-24(26-4)28-15-13-20-6-5-7-21(16-20)23(29)25-3;/h5-11,16,18H,12-15,17H2,1-4H3,(H,25,29)(H2,26,27,28);1H. The highest BCUT2D eigenvalue weighted by Crippen LogP contribution is 2.13. The Morgan fingerprint density at radius 2 is 1.65 bits per heavy atom. The van der Waals surface area contributed by atoms with Gasteiger partial charge in [-0.05, 0) is 54.2 Å². The quantitative estimate of drug-likeness (QED) is 0.245. The number of ether oxygens (including phenoxy) is 1. The van der Waals surface area contributed by atoms with Crippen molar-refractivity contribution in [2.24, 2.45) is 10.9 Å². The van der Waals surface area contributed by atoms with Crippen molar-refractivity contribution in [3.05, 3.63) is 65.2 Å². The summed E-state index contributed by atoms with van der Waals surface area (Å²) in [5.41, 5.74) is 3.04.